The quantitative estimate of drug-likeness (QED) is 0.134. The predicted molar refractivity (Wildman–Crippen MR) is 169 cm³/mol. The maximum absolute atomic E-state index is 13.4. The highest BCUT2D eigenvalue weighted by Gasteiger charge is 2.18. The Hall–Kier alpha value is -4.04. The maximum atomic E-state index is 13.4. The van der Waals surface area contributed by atoms with Crippen LogP contribution >= 0.6 is 35.0 Å². The number of rotatable bonds is 9. The molecule has 0 radical (unpaired) electrons. The largest absolute Gasteiger partial charge is 0.325 e. The number of carbonyl (C=O) groups is 3. The van der Waals surface area contributed by atoms with Gasteiger partial charge in [0.15, 0.2) is 0 Å². The predicted octanol–water partition coefficient (Wildman–Crippen LogP) is 7.83. The molecule has 6 nitrogen and oxygen atoms in total. The van der Waals surface area contributed by atoms with Gasteiger partial charge < -0.3 is 16.0 Å². The molecule has 0 heterocycles. The van der Waals surface area contributed by atoms with Gasteiger partial charge in [0.1, 0.15) is 5.70 Å². The third-order valence-electron chi connectivity index (χ3n) is 5.97. The first-order chi connectivity index (χ1) is 19.7. The molecule has 3 N–H and O–H groups in total. The number of hydrogen-bond donors (Lipinski definition) is 3. The van der Waals surface area contributed by atoms with Crippen molar-refractivity contribution in [1.29, 1.82) is 0 Å². The third kappa shape index (κ3) is 8.47. The lowest BCUT2D eigenvalue weighted by molar-refractivity contribution is -0.115. The Balaban J connectivity index is 1.49. The van der Waals surface area contributed by atoms with Crippen LogP contribution in [0.3, 0.4) is 0 Å². The highest BCUT2D eigenvalue weighted by atomic mass is 35.5. The molecule has 4 rings (SSSR count). The number of amides is 3. The zero-order valence-electron chi connectivity index (χ0n) is 22.3. The number of nitrogens with one attached hydrogen (secondary N) is 3. The van der Waals surface area contributed by atoms with E-state index in [1.165, 1.54) is 17.8 Å². The van der Waals surface area contributed by atoms with Gasteiger partial charge in [0.2, 0.25) is 5.91 Å². The van der Waals surface area contributed by atoms with Crippen molar-refractivity contribution in [1.82, 2.24) is 5.32 Å². The Kier molecular flexibility index (Phi) is 10.2. The molecule has 3 amide bonds. The van der Waals surface area contributed by atoms with Crippen LogP contribution in [0.25, 0.3) is 6.08 Å². The average molecular weight is 605 g/mol. The second kappa shape index (κ2) is 14.0. The number of hydrogen-bond acceptors (Lipinski definition) is 4. The molecule has 0 saturated heterocycles. The molecule has 1 atom stereocenters. The van der Waals surface area contributed by atoms with Gasteiger partial charge in [0.25, 0.3) is 11.8 Å². The van der Waals surface area contributed by atoms with Crippen LogP contribution in [0.4, 0.5) is 11.4 Å². The van der Waals surface area contributed by atoms with Crippen molar-refractivity contribution in [3.63, 3.8) is 0 Å². The molecule has 208 valence electrons. The van der Waals surface area contributed by atoms with Crippen LogP contribution in [0.5, 0.6) is 0 Å². The summed E-state index contributed by atoms with van der Waals surface area (Å²) in [5, 5.41) is 9.01. The topological polar surface area (TPSA) is 87.3 Å². The number of benzene rings is 4. The van der Waals surface area contributed by atoms with Crippen LogP contribution in [-0.4, -0.2) is 23.0 Å². The van der Waals surface area contributed by atoms with Gasteiger partial charge in [-0.2, -0.15) is 0 Å². The van der Waals surface area contributed by atoms with Crippen LogP contribution < -0.4 is 16.0 Å². The lowest BCUT2D eigenvalue weighted by atomic mass is 10.1. The number of aryl methyl sites for hydroxylation is 1. The van der Waals surface area contributed by atoms with Crippen molar-refractivity contribution in [3.8, 4) is 0 Å². The standard InChI is InChI=1S/C32H27Cl2N3O3S/c1-20-15-16-24(33)18-28(20)36-30(38)21(2)41-26-13-8-12-25(19-26)35-32(40)29(17-23-11-6-7-14-27(23)34)37-31(39)22-9-4-3-5-10-22/h3-19,21H,1-2H3,(H,35,40)(H,36,38)(H,37,39)/b29-17+. The summed E-state index contributed by atoms with van der Waals surface area (Å²) in [6, 6.07) is 28.1. The molecule has 0 aliphatic heterocycles. The van der Waals surface area contributed by atoms with Crippen molar-refractivity contribution in [2.24, 2.45) is 0 Å². The second-order valence-corrected chi connectivity index (χ2v) is 11.3. The van der Waals surface area contributed by atoms with Gasteiger partial charge in [0.05, 0.1) is 5.25 Å². The summed E-state index contributed by atoms with van der Waals surface area (Å²) < 4.78 is 0. The summed E-state index contributed by atoms with van der Waals surface area (Å²) in [5.74, 6) is -1.14. The van der Waals surface area contributed by atoms with Gasteiger partial charge in [-0.3, -0.25) is 14.4 Å². The number of thioether (sulfide) groups is 1. The third-order valence-corrected chi connectivity index (χ3v) is 7.64. The highest BCUT2D eigenvalue weighted by molar-refractivity contribution is 8.00. The number of anilines is 2. The van der Waals surface area contributed by atoms with Gasteiger partial charge in [-0.1, -0.05) is 71.7 Å². The smallest absolute Gasteiger partial charge is 0.272 e. The molecule has 41 heavy (non-hydrogen) atoms. The first-order valence-corrected chi connectivity index (χ1v) is 14.3. The first kappa shape index (κ1) is 29.9. The molecule has 0 aliphatic rings. The molecule has 1 unspecified atom stereocenters. The molecule has 0 fully saturated rings. The van der Waals surface area contributed by atoms with E-state index in [-0.39, 0.29) is 11.6 Å². The summed E-state index contributed by atoms with van der Waals surface area (Å²) in [6.07, 6.45) is 1.53. The van der Waals surface area contributed by atoms with E-state index in [1.807, 2.05) is 19.1 Å². The van der Waals surface area contributed by atoms with E-state index in [4.69, 9.17) is 23.2 Å². The minimum absolute atomic E-state index is 0.0228. The molecular formula is C32H27Cl2N3O3S. The van der Waals surface area contributed by atoms with Gasteiger partial charge in [-0.15, -0.1) is 11.8 Å². The maximum Gasteiger partial charge on any atom is 0.272 e. The van der Waals surface area contributed by atoms with Crippen LogP contribution in [-0.2, 0) is 9.59 Å². The first-order valence-electron chi connectivity index (χ1n) is 12.7. The fraction of sp³-hybridized carbons (Fsp3) is 0.0938. The van der Waals surface area contributed by atoms with Crippen molar-refractivity contribution in [3.05, 3.63) is 129 Å². The lowest BCUT2D eigenvalue weighted by Gasteiger charge is -2.15. The molecule has 0 bridgehead atoms. The molecule has 4 aromatic rings. The van der Waals surface area contributed by atoms with Crippen LogP contribution in [0.2, 0.25) is 10.0 Å². The fourth-order valence-corrected chi connectivity index (χ4v) is 5.05. The molecular weight excluding hydrogens is 577 g/mol. The summed E-state index contributed by atoms with van der Waals surface area (Å²) in [5.41, 5.74) is 3.07. The van der Waals surface area contributed by atoms with E-state index < -0.39 is 17.1 Å². The summed E-state index contributed by atoms with van der Waals surface area (Å²) >= 11 is 13.7. The van der Waals surface area contributed by atoms with Crippen LogP contribution in [0, 0.1) is 6.92 Å². The van der Waals surface area contributed by atoms with E-state index >= 15 is 0 Å². The Bertz CT molecular complexity index is 1610. The van der Waals surface area contributed by atoms with Crippen molar-refractivity contribution in [2.45, 2.75) is 24.0 Å². The van der Waals surface area contributed by atoms with Crippen molar-refractivity contribution < 1.29 is 14.4 Å². The SMILES string of the molecule is Cc1ccc(Cl)cc1NC(=O)C(C)Sc1cccc(NC(=O)/C(=C\c2ccccc2Cl)NC(=O)c2ccccc2)c1. The van der Waals surface area contributed by atoms with Crippen molar-refractivity contribution >= 4 is 70.1 Å². The van der Waals surface area contributed by atoms with E-state index in [0.717, 1.165) is 10.5 Å². The molecule has 4 aromatic carbocycles. The number of carbonyl (C=O) groups excluding carboxylic acids is 3. The van der Waals surface area contributed by atoms with Crippen molar-refractivity contribution in [2.75, 3.05) is 10.6 Å². The summed E-state index contributed by atoms with van der Waals surface area (Å²) in [7, 11) is 0. The van der Waals surface area contributed by atoms with Gasteiger partial charge in [0, 0.05) is 31.9 Å². The zero-order valence-corrected chi connectivity index (χ0v) is 24.6. The van der Waals surface area contributed by atoms with E-state index in [2.05, 4.69) is 16.0 Å². The molecule has 0 saturated carbocycles. The van der Waals surface area contributed by atoms with E-state index in [1.54, 1.807) is 91.9 Å². The van der Waals surface area contributed by atoms with Gasteiger partial charge in [-0.05, 0) is 79.6 Å². The zero-order chi connectivity index (χ0) is 29.4. The van der Waals surface area contributed by atoms with Crippen LogP contribution in [0.15, 0.2) is 108 Å². The lowest BCUT2D eigenvalue weighted by Crippen LogP contribution is -2.30. The van der Waals surface area contributed by atoms with Gasteiger partial charge in [-0.25, -0.2) is 0 Å². The number of halogens is 2. The molecule has 9 heteroatoms. The Morgan fingerprint density at radius 1 is 0.829 bits per heavy atom. The van der Waals surface area contributed by atoms with Crippen LogP contribution in [0.1, 0.15) is 28.4 Å². The monoisotopic (exact) mass is 603 g/mol. The molecule has 0 spiro atoms. The summed E-state index contributed by atoms with van der Waals surface area (Å²) in [4.78, 5) is 39.9. The molecule has 0 aliphatic carbocycles. The Labute approximate surface area is 253 Å². The van der Waals surface area contributed by atoms with E-state index in [0.29, 0.717) is 32.5 Å². The Morgan fingerprint density at radius 2 is 1.56 bits per heavy atom. The van der Waals surface area contributed by atoms with Gasteiger partial charge >= 0.3 is 0 Å². The normalized spacial score (nSPS) is 11.9. The highest BCUT2D eigenvalue weighted by Crippen LogP contribution is 2.28. The molecule has 0 aromatic heterocycles. The minimum Gasteiger partial charge on any atom is -0.325 e. The summed E-state index contributed by atoms with van der Waals surface area (Å²) in [6.45, 7) is 3.70. The fourth-order valence-electron chi connectivity index (χ4n) is 3.76. The minimum atomic E-state index is -0.529. The Morgan fingerprint density at radius 3 is 2.32 bits per heavy atom. The second-order valence-electron chi connectivity index (χ2n) is 9.09. The van der Waals surface area contributed by atoms with E-state index in [9.17, 15) is 14.4 Å². The average Bonchev–Trinajstić information content (AvgIpc) is 2.96.